The molecule has 0 unspecified atom stereocenters. The molecule has 3 heterocycles. The van der Waals surface area contributed by atoms with Gasteiger partial charge in [-0.05, 0) is 36.1 Å². The number of hydrogen-bond donors (Lipinski definition) is 0. The van der Waals surface area contributed by atoms with E-state index in [-0.39, 0.29) is 18.0 Å². The summed E-state index contributed by atoms with van der Waals surface area (Å²) in [4.78, 5) is 14.5. The average molecular weight is 239 g/mol. The zero-order valence-corrected chi connectivity index (χ0v) is 9.87. The summed E-state index contributed by atoms with van der Waals surface area (Å²) in [7, 11) is 0. The Morgan fingerprint density at radius 1 is 1.06 bits per heavy atom. The van der Waals surface area contributed by atoms with Crippen molar-refractivity contribution in [2.75, 3.05) is 0 Å². The van der Waals surface area contributed by atoms with E-state index in [0.29, 0.717) is 5.76 Å². The number of carbonyl (C=O) groups excluding carboxylic acids is 1. The number of rotatable bonds is 1. The zero-order chi connectivity index (χ0) is 12.1. The van der Waals surface area contributed by atoms with Gasteiger partial charge in [-0.2, -0.15) is 0 Å². The van der Waals surface area contributed by atoms with Gasteiger partial charge in [-0.25, -0.2) is 0 Å². The van der Waals surface area contributed by atoms with E-state index >= 15 is 0 Å². The van der Waals surface area contributed by atoms with E-state index in [1.807, 2.05) is 4.90 Å². The van der Waals surface area contributed by atoms with Crippen molar-refractivity contribution >= 4 is 5.91 Å². The number of furan rings is 1. The van der Waals surface area contributed by atoms with Crippen LogP contribution in [-0.4, -0.2) is 10.8 Å². The van der Waals surface area contributed by atoms with Crippen molar-refractivity contribution in [2.45, 2.75) is 24.9 Å². The molecule has 0 N–H and O–H groups in total. The maximum Gasteiger partial charge on any atom is 0.290 e. The molecule has 1 fully saturated rings. The van der Waals surface area contributed by atoms with E-state index in [4.69, 9.17) is 4.42 Å². The number of benzene rings is 1. The molecule has 0 spiro atoms. The fraction of sp³-hybridized carbons (Fsp3) is 0.267. The average Bonchev–Trinajstić information content (AvgIpc) is 3.13. The summed E-state index contributed by atoms with van der Waals surface area (Å²) in [6.45, 7) is 0. The quantitative estimate of drug-likeness (QED) is 0.765. The molecule has 3 nitrogen and oxygen atoms in total. The first-order chi connectivity index (χ1) is 8.86. The Bertz CT molecular complexity index is 572. The van der Waals surface area contributed by atoms with E-state index in [0.717, 1.165) is 12.8 Å². The van der Waals surface area contributed by atoms with Crippen molar-refractivity contribution in [3.63, 3.8) is 0 Å². The third-order valence-electron chi connectivity index (χ3n) is 4.07. The minimum absolute atomic E-state index is 0.0173. The van der Waals surface area contributed by atoms with Gasteiger partial charge < -0.3 is 9.32 Å². The van der Waals surface area contributed by atoms with Crippen LogP contribution in [0.15, 0.2) is 47.1 Å². The first kappa shape index (κ1) is 9.95. The van der Waals surface area contributed by atoms with Crippen LogP contribution in [0.1, 0.15) is 46.6 Å². The first-order valence-corrected chi connectivity index (χ1v) is 6.31. The van der Waals surface area contributed by atoms with E-state index in [1.165, 1.54) is 11.1 Å². The third-order valence-corrected chi connectivity index (χ3v) is 4.07. The molecule has 18 heavy (non-hydrogen) atoms. The summed E-state index contributed by atoms with van der Waals surface area (Å²) in [5, 5.41) is 0. The van der Waals surface area contributed by atoms with Crippen molar-refractivity contribution < 1.29 is 9.21 Å². The standard InChI is InChI=1S/C15H13NO2/c17-15(14-6-3-9-18-14)16-12-7-8-13(16)11-5-2-1-4-10(11)12/h1-6,9,12-13H,7-8H2/t12-,13-/m0/s1. The van der Waals surface area contributed by atoms with Gasteiger partial charge in [-0.3, -0.25) is 4.79 Å². The molecule has 1 amide bonds. The Morgan fingerprint density at radius 3 is 2.28 bits per heavy atom. The monoisotopic (exact) mass is 239 g/mol. The number of nitrogens with zero attached hydrogens (tertiary/aromatic N) is 1. The van der Waals surface area contributed by atoms with Crippen molar-refractivity contribution in [3.05, 3.63) is 59.5 Å². The lowest BCUT2D eigenvalue weighted by Gasteiger charge is -2.21. The fourth-order valence-corrected chi connectivity index (χ4v) is 3.35. The number of amides is 1. The first-order valence-electron chi connectivity index (χ1n) is 6.31. The van der Waals surface area contributed by atoms with E-state index < -0.39 is 0 Å². The Morgan fingerprint density at radius 2 is 1.72 bits per heavy atom. The minimum Gasteiger partial charge on any atom is -0.459 e. The molecule has 0 aliphatic carbocycles. The maximum absolute atomic E-state index is 12.5. The molecule has 2 aromatic rings. The molecule has 2 bridgehead atoms. The molecular formula is C15H13NO2. The van der Waals surface area contributed by atoms with E-state index in [1.54, 1.807) is 18.4 Å². The Kier molecular flexibility index (Phi) is 1.92. The lowest BCUT2D eigenvalue weighted by Crippen LogP contribution is -2.27. The van der Waals surface area contributed by atoms with Crippen LogP contribution in [0.5, 0.6) is 0 Å². The third kappa shape index (κ3) is 1.16. The van der Waals surface area contributed by atoms with Crippen LogP contribution >= 0.6 is 0 Å². The molecule has 0 saturated carbocycles. The largest absolute Gasteiger partial charge is 0.459 e. The molecule has 0 radical (unpaired) electrons. The van der Waals surface area contributed by atoms with Crippen LogP contribution < -0.4 is 0 Å². The van der Waals surface area contributed by atoms with Crippen molar-refractivity contribution in [2.24, 2.45) is 0 Å². The second-order valence-electron chi connectivity index (χ2n) is 4.93. The molecule has 1 aromatic carbocycles. The smallest absolute Gasteiger partial charge is 0.290 e. The van der Waals surface area contributed by atoms with Gasteiger partial charge in [0.1, 0.15) is 0 Å². The van der Waals surface area contributed by atoms with Gasteiger partial charge in [0.2, 0.25) is 0 Å². The van der Waals surface area contributed by atoms with Crippen LogP contribution in [0.4, 0.5) is 0 Å². The lowest BCUT2D eigenvalue weighted by atomic mass is 9.92. The summed E-state index contributed by atoms with van der Waals surface area (Å²) in [6, 6.07) is 12.4. The van der Waals surface area contributed by atoms with Gasteiger partial charge in [0, 0.05) is 0 Å². The molecular weight excluding hydrogens is 226 g/mol. The van der Waals surface area contributed by atoms with Gasteiger partial charge in [0.15, 0.2) is 5.76 Å². The van der Waals surface area contributed by atoms with Gasteiger partial charge in [-0.1, -0.05) is 24.3 Å². The molecule has 2 aliphatic rings. The topological polar surface area (TPSA) is 33.5 Å². The van der Waals surface area contributed by atoms with Crippen molar-refractivity contribution in [1.29, 1.82) is 0 Å². The molecule has 1 aromatic heterocycles. The SMILES string of the molecule is O=C(c1ccco1)N1[C@H]2CC[C@H]1c1ccccc12. The number of fused-ring (bicyclic) bond motifs is 5. The summed E-state index contributed by atoms with van der Waals surface area (Å²) >= 11 is 0. The summed E-state index contributed by atoms with van der Waals surface area (Å²) in [5.41, 5.74) is 2.63. The molecule has 3 heteroatoms. The van der Waals surface area contributed by atoms with Crippen LogP contribution in [0.2, 0.25) is 0 Å². The number of hydrogen-bond acceptors (Lipinski definition) is 2. The highest BCUT2D eigenvalue weighted by Gasteiger charge is 2.46. The second-order valence-corrected chi connectivity index (χ2v) is 4.93. The van der Waals surface area contributed by atoms with Gasteiger partial charge in [0.05, 0.1) is 18.3 Å². The molecule has 2 atom stereocenters. The minimum atomic E-state index is 0.0173. The van der Waals surface area contributed by atoms with Crippen LogP contribution in [0.3, 0.4) is 0 Å². The highest BCUT2D eigenvalue weighted by Crippen LogP contribution is 2.53. The van der Waals surface area contributed by atoms with Gasteiger partial charge >= 0.3 is 0 Å². The Labute approximate surface area is 105 Å². The summed E-state index contributed by atoms with van der Waals surface area (Å²) in [6.07, 6.45) is 3.68. The predicted molar refractivity (Wildman–Crippen MR) is 66.0 cm³/mol. The highest BCUT2D eigenvalue weighted by atomic mass is 16.3. The predicted octanol–water partition coefficient (Wildman–Crippen LogP) is 3.31. The fourth-order valence-electron chi connectivity index (χ4n) is 3.35. The highest BCUT2D eigenvalue weighted by molar-refractivity contribution is 5.93. The van der Waals surface area contributed by atoms with Gasteiger partial charge in [-0.15, -0.1) is 0 Å². The van der Waals surface area contributed by atoms with Crippen LogP contribution in [0, 0.1) is 0 Å². The van der Waals surface area contributed by atoms with Crippen LogP contribution in [0.25, 0.3) is 0 Å². The van der Waals surface area contributed by atoms with Crippen molar-refractivity contribution in [3.8, 4) is 0 Å². The molecule has 4 rings (SSSR count). The molecule has 2 aliphatic heterocycles. The zero-order valence-electron chi connectivity index (χ0n) is 9.87. The Hall–Kier alpha value is -2.03. The van der Waals surface area contributed by atoms with Gasteiger partial charge in [0.25, 0.3) is 5.91 Å². The molecule has 90 valence electrons. The lowest BCUT2D eigenvalue weighted by molar-refractivity contribution is 0.0664. The second kappa shape index (κ2) is 3.48. The van der Waals surface area contributed by atoms with Crippen molar-refractivity contribution in [1.82, 2.24) is 4.90 Å². The summed E-state index contributed by atoms with van der Waals surface area (Å²) in [5.74, 6) is 0.461. The summed E-state index contributed by atoms with van der Waals surface area (Å²) < 4.78 is 5.24. The normalized spacial score (nSPS) is 24.3. The molecule has 1 saturated heterocycles. The van der Waals surface area contributed by atoms with Crippen LogP contribution in [-0.2, 0) is 0 Å². The Balaban J connectivity index is 1.76. The maximum atomic E-state index is 12.5. The van der Waals surface area contributed by atoms with E-state index in [9.17, 15) is 4.79 Å². The number of carbonyl (C=O) groups is 1. The van der Waals surface area contributed by atoms with E-state index in [2.05, 4.69) is 24.3 Å².